The number of hydrogen-bond donors (Lipinski definition) is 2. The highest BCUT2D eigenvalue weighted by Crippen LogP contribution is 2.34. The smallest absolute Gasteiger partial charge is 0.291 e. The summed E-state index contributed by atoms with van der Waals surface area (Å²) in [5.41, 5.74) is 0.275. The Bertz CT molecular complexity index is 467. The van der Waals surface area contributed by atoms with Crippen LogP contribution < -0.4 is 0 Å². The minimum Gasteiger partial charge on any atom is -0.396 e. The van der Waals surface area contributed by atoms with Gasteiger partial charge in [0.05, 0.1) is 5.52 Å². The van der Waals surface area contributed by atoms with Gasteiger partial charge in [0.15, 0.2) is 0 Å². The van der Waals surface area contributed by atoms with Crippen LogP contribution in [0.4, 0.5) is 8.78 Å². The number of rotatable bonds is 3. The van der Waals surface area contributed by atoms with Crippen LogP contribution in [0.2, 0.25) is 0 Å². The maximum atomic E-state index is 13.5. The van der Waals surface area contributed by atoms with E-state index in [1.54, 1.807) is 24.3 Å². The lowest BCUT2D eigenvalue weighted by molar-refractivity contribution is -0.0296. The van der Waals surface area contributed by atoms with E-state index < -0.39 is 19.0 Å². The summed E-state index contributed by atoms with van der Waals surface area (Å²) in [4.78, 5) is 0. The van der Waals surface area contributed by atoms with Gasteiger partial charge in [0, 0.05) is 18.4 Å². The van der Waals surface area contributed by atoms with Crippen LogP contribution in [0.5, 0.6) is 0 Å². The Hall–Kier alpha value is -1.49. The first-order valence-electron chi connectivity index (χ1n) is 4.57. The van der Waals surface area contributed by atoms with Crippen molar-refractivity contribution < 1.29 is 13.9 Å². The summed E-state index contributed by atoms with van der Waals surface area (Å²) in [5, 5.41) is 15.1. The predicted octanol–water partition coefficient (Wildman–Crippen LogP) is 2.04. The molecule has 5 heteroatoms. The normalized spacial score (nSPS) is 12.2. The molecule has 1 aromatic carbocycles. The average molecular weight is 212 g/mol. The topological polar surface area (TPSA) is 48.9 Å². The highest BCUT2D eigenvalue weighted by molar-refractivity contribution is 5.81. The van der Waals surface area contributed by atoms with Crippen LogP contribution in [0.1, 0.15) is 12.1 Å². The Morgan fingerprint density at radius 3 is 2.80 bits per heavy atom. The van der Waals surface area contributed by atoms with Crippen LogP contribution >= 0.6 is 0 Å². The first-order valence-corrected chi connectivity index (χ1v) is 4.57. The zero-order valence-electron chi connectivity index (χ0n) is 7.87. The van der Waals surface area contributed by atoms with E-state index in [1.807, 2.05) is 0 Å². The standard InChI is InChI=1S/C10H10F2N2O/c11-10(12,5-6-15)9-7-3-1-2-4-8(7)13-14-9/h1-4,15H,5-6H2,(H,13,14). The number of fused-ring (bicyclic) bond motifs is 1. The molecule has 0 aliphatic carbocycles. The molecule has 15 heavy (non-hydrogen) atoms. The number of benzene rings is 1. The van der Waals surface area contributed by atoms with E-state index in [0.717, 1.165) is 0 Å². The fourth-order valence-corrected chi connectivity index (χ4v) is 1.50. The number of nitrogens with one attached hydrogen (secondary N) is 1. The van der Waals surface area contributed by atoms with Gasteiger partial charge < -0.3 is 5.11 Å². The van der Waals surface area contributed by atoms with Crippen molar-refractivity contribution in [2.75, 3.05) is 6.61 Å². The highest BCUT2D eigenvalue weighted by atomic mass is 19.3. The van der Waals surface area contributed by atoms with Gasteiger partial charge in [-0.2, -0.15) is 13.9 Å². The Morgan fingerprint density at radius 1 is 1.33 bits per heavy atom. The number of hydrogen-bond acceptors (Lipinski definition) is 2. The Morgan fingerprint density at radius 2 is 2.07 bits per heavy atom. The Labute approximate surface area is 84.7 Å². The average Bonchev–Trinajstić information content (AvgIpc) is 2.61. The van der Waals surface area contributed by atoms with Gasteiger partial charge in [-0.05, 0) is 6.07 Å². The monoisotopic (exact) mass is 212 g/mol. The molecular weight excluding hydrogens is 202 g/mol. The number of H-pyrrole nitrogens is 1. The second-order valence-electron chi connectivity index (χ2n) is 3.29. The molecule has 2 N–H and O–H groups in total. The van der Waals surface area contributed by atoms with Crippen molar-refractivity contribution in [2.45, 2.75) is 12.3 Å². The summed E-state index contributed by atoms with van der Waals surface area (Å²) in [5.74, 6) is -3.06. The fraction of sp³-hybridized carbons (Fsp3) is 0.300. The molecule has 0 unspecified atom stereocenters. The van der Waals surface area contributed by atoms with Crippen molar-refractivity contribution in [3.05, 3.63) is 30.0 Å². The Kier molecular flexibility index (Phi) is 2.40. The van der Waals surface area contributed by atoms with Crippen LogP contribution in [0.15, 0.2) is 24.3 Å². The summed E-state index contributed by atoms with van der Waals surface area (Å²) in [6.45, 7) is -0.555. The van der Waals surface area contributed by atoms with Gasteiger partial charge in [-0.15, -0.1) is 0 Å². The lowest BCUT2D eigenvalue weighted by Crippen LogP contribution is -2.16. The van der Waals surface area contributed by atoms with Gasteiger partial charge in [-0.3, -0.25) is 5.10 Å². The second kappa shape index (κ2) is 3.58. The van der Waals surface area contributed by atoms with Gasteiger partial charge in [0.25, 0.3) is 5.92 Å². The summed E-state index contributed by atoms with van der Waals surface area (Å²) in [7, 11) is 0. The van der Waals surface area contributed by atoms with Gasteiger partial charge in [-0.1, -0.05) is 18.2 Å². The van der Waals surface area contributed by atoms with Crippen molar-refractivity contribution >= 4 is 10.9 Å². The molecule has 0 aliphatic rings. The Balaban J connectivity index is 2.52. The van der Waals surface area contributed by atoms with Crippen molar-refractivity contribution in [3.63, 3.8) is 0 Å². The summed E-state index contributed by atoms with van der Waals surface area (Å²) in [6.07, 6.45) is -0.598. The zero-order valence-corrected chi connectivity index (χ0v) is 7.87. The molecule has 0 saturated carbocycles. The number of alkyl halides is 2. The van der Waals surface area contributed by atoms with E-state index in [9.17, 15) is 8.78 Å². The van der Waals surface area contributed by atoms with Crippen LogP contribution in [0.25, 0.3) is 10.9 Å². The lowest BCUT2D eigenvalue weighted by atomic mass is 10.1. The molecule has 80 valence electrons. The molecule has 3 nitrogen and oxygen atoms in total. The van der Waals surface area contributed by atoms with Gasteiger partial charge in [0.2, 0.25) is 0 Å². The van der Waals surface area contributed by atoms with Gasteiger partial charge in [0.1, 0.15) is 5.69 Å². The van der Waals surface area contributed by atoms with E-state index in [0.29, 0.717) is 10.9 Å². The predicted molar refractivity (Wildman–Crippen MR) is 51.7 cm³/mol. The second-order valence-corrected chi connectivity index (χ2v) is 3.29. The van der Waals surface area contributed by atoms with Crippen LogP contribution in [0.3, 0.4) is 0 Å². The number of aliphatic hydroxyl groups excluding tert-OH is 1. The van der Waals surface area contributed by atoms with E-state index >= 15 is 0 Å². The third-order valence-electron chi connectivity index (χ3n) is 2.25. The van der Waals surface area contributed by atoms with Gasteiger partial charge in [-0.25, -0.2) is 0 Å². The molecule has 0 aliphatic heterocycles. The fourth-order valence-electron chi connectivity index (χ4n) is 1.50. The zero-order chi connectivity index (χ0) is 10.9. The number of nitrogens with zero attached hydrogens (tertiary/aromatic N) is 1. The number of aromatic amines is 1. The molecule has 2 aromatic rings. The van der Waals surface area contributed by atoms with E-state index in [4.69, 9.17) is 5.11 Å². The summed E-state index contributed by atoms with van der Waals surface area (Å²) >= 11 is 0. The quantitative estimate of drug-likeness (QED) is 0.817. The molecule has 0 atom stereocenters. The first kappa shape index (κ1) is 10.0. The third kappa shape index (κ3) is 1.70. The summed E-state index contributed by atoms with van der Waals surface area (Å²) in [6, 6.07) is 6.65. The SMILES string of the molecule is OCCC(F)(F)c1[nH]nc2ccccc12. The molecule has 1 aromatic heterocycles. The molecule has 0 amide bonds. The van der Waals surface area contributed by atoms with Crippen molar-refractivity contribution in [3.8, 4) is 0 Å². The van der Waals surface area contributed by atoms with Crippen LogP contribution in [0, 0.1) is 0 Å². The number of aromatic nitrogens is 2. The van der Waals surface area contributed by atoms with Crippen molar-refractivity contribution in [1.29, 1.82) is 0 Å². The number of para-hydroxylation sites is 1. The van der Waals surface area contributed by atoms with E-state index in [1.165, 1.54) is 0 Å². The minimum atomic E-state index is -3.06. The third-order valence-corrected chi connectivity index (χ3v) is 2.25. The van der Waals surface area contributed by atoms with E-state index in [-0.39, 0.29) is 5.69 Å². The number of halogens is 2. The molecule has 0 fully saturated rings. The highest BCUT2D eigenvalue weighted by Gasteiger charge is 2.34. The van der Waals surface area contributed by atoms with Gasteiger partial charge >= 0.3 is 0 Å². The maximum absolute atomic E-state index is 13.5. The van der Waals surface area contributed by atoms with Crippen molar-refractivity contribution in [2.24, 2.45) is 0 Å². The molecule has 2 rings (SSSR count). The molecule has 0 saturated heterocycles. The molecular formula is C10H10F2N2O. The first-order chi connectivity index (χ1) is 7.15. The minimum absolute atomic E-state index is 0.229. The largest absolute Gasteiger partial charge is 0.396 e. The van der Waals surface area contributed by atoms with Crippen molar-refractivity contribution in [1.82, 2.24) is 10.2 Å². The molecule has 1 heterocycles. The lowest BCUT2D eigenvalue weighted by Gasteiger charge is -2.12. The van der Waals surface area contributed by atoms with Crippen LogP contribution in [-0.2, 0) is 5.92 Å². The van der Waals surface area contributed by atoms with E-state index in [2.05, 4.69) is 10.2 Å². The van der Waals surface area contributed by atoms with Crippen LogP contribution in [-0.4, -0.2) is 21.9 Å². The maximum Gasteiger partial charge on any atom is 0.291 e. The molecule has 0 spiro atoms. The number of aliphatic hydroxyl groups is 1. The summed E-state index contributed by atoms with van der Waals surface area (Å²) < 4.78 is 27.0. The molecule has 0 bridgehead atoms. The molecule has 0 radical (unpaired) electrons.